The first kappa shape index (κ1) is 13.5. The van der Waals surface area contributed by atoms with Gasteiger partial charge in [0.2, 0.25) is 0 Å². The highest BCUT2D eigenvalue weighted by Crippen LogP contribution is 2.29. The molecule has 1 aromatic heterocycles. The van der Waals surface area contributed by atoms with E-state index < -0.39 is 0 Å². The summed E-state index contributed by atoms with van der Waals surface area (Å²) in [5.41, 5.74) is 7.42. The number of piperidine rings is 1. The summed E-state index contributed by atoms with van der Waals surface area (Å²) in [7, 11) is 0. The molecule has 0 radical (unpaired) electrons. The third-order valence-corrected chi connectivity index (χ3v) is 4.15. The number of furan rings is 1. The van der Waals surface area contributed by atoms with E-state index in [4.69, 9.17) is 21.8 Å². The fourth-order valence-electron chi connectivity index (χ4n) is 2.64. The van der Waals surface area contributed by atoms with Gasteiger partial charge in [0, 0.05) is 35.1 Å². The van der Waals surface area contributed by atoms with E-state index in [1.807, 2.05) is 17.9 Å². The Bertz CT molecular complexity index is 657. The molecule has 5 heteroatoms. The zero-order valence-electron chi connectivity index (χ0n) is 11.4. The Morgan fingerprint density at radius 2 is 2.10 bits per heavy atom. The Labute approximate surface area is 122 Å². The van der Waals surface area contributed by atoms with Gasteiger partial charge >= 0.3 is 0 Å². The molecule has 0 atom stereocenters. The highest BCUT2D eigenvalue weighted by Gasteiger charge is 2.26. The van der Waals surface area contributed by atoms with Gasteiger partial charge in [0.25, 0.3) is 5.91 Å². The molecule has 0 bridgehead atoms. The molecule has 2 aromatic rings. The smallest absolute Gasteiger partial charge is 0.289 e. The summed E-state index contributed by atoms with van der Waals surface area (Å²) in [5, 5.41) is 1.54. The molecule has 1 aromatic carbocycles. The number of likely N-dealkylation sites (tertiary alicyclic amines) is 1. The monoisotopic (exact) mass is 292 g/mol. The van der Waals surface area contributed by atoms with Crippen molar-refractivity contribution in [2.45, 2.75) is 25.8 Å². The van der Waals surface area contributed by atoms with Crippen LogP contribution in [0.1, 0.15) is 29.0 Å². The molecule has 4 nitrogen and oxygen atoms in total. The highest BCUT2D eigenvalue weighted by atomic mass is 35.5. The number of aryl methyl sites for hydroxylation is 1. The van der Waals surface area contributed by atoms with Gasteiger partial charge in [0.1, 0.15) is 5.58 Å². The lowest BCUT2D eigenvalue weighted by Gasteiger charge is -2.29. The van der Waals surface area contributed by atoms with Gasteiger partial charge in [-0.15, -0.1) is 0 Å². The van der Waals surface area contributed by atoms with E-state index in [1.165, 1.54) is 0 Å². The summed E-state index contributed by atoms with van der Waals surface area (Å²) in [6, 6.07) is 5.60. The van der Waals surface area contributed by atoms with E-state index in [0.29, 0.717) is 29.5 Å². The van der Waals surface area contributed by atoms with Crippen LogP contribution in [0, 0.1) is 6.92 Å². The molecule has 1 saturated heterocycles. The normalized spacial score (nSPS) is 16.9. The number of amides is 1. The molecule has 3 rings (SSSR count). The molecule has 0 spiro atoms. The van der Waals surface area contributed by atoms with Gasteiger partial charge in [-0.05, 0) is 38.0 Å². The molecule has 0 saturated carbocycles. The van der Waals surface area contributed by atoms with Gasteiger partial charge in [-0.3, -0.25) is 4.79 Å². The summed E-state index contributed by atoms with van der Waals surface area (Å²) in [6.45, 7) is 3.28. The SMILES string of the molecule is Cc1c(C(=O)N2CCC(N)CC2)oc2ccc(Cl)cc12. The van der Waals surface area contributed by atoms with Crippen molar-refractivity contribution in [3.05, 3.63) is 34.5 Å². The van der Waals surface area contributed by atoms with Crippen LogP contribution in [0.2, 0.25) is 5.02 Å². The molecule has 0 aliphatic carbocycles. The van der Waals surface area contributed by atoms with E-state index in [9.17, 15) is 4.79 Å². The first-order valence-corrected chi connectivity index (χ1v) is 7.17. The second-order valence-electron chi connectivity index (χ2n) is 5.33. The van der Waals surface area contributed by atoms with Gasteiger partial charge < -0.3 is 15.1 Å². The maximum Gasteiger partial charge on any atom is 0.289 e. The minimum absolute atomic E-state index is 0.0540. The van der Waals surface area contributed by atoms with E-state index in [0.717, 1.165) is 23.8 Å². The molecule has 20 heavy (non-hydrogen) atoms. The molecule has 0 unspecified atom stereocenters. The number of halogens is 1. The van der Waals surface area contributed by atoms with Crippen LogP contribution in [0.25, 0.3) is 11.0 Å². The van der Waals surface area contributed by atoms with Gasteiger partial charge in [0.05, 0.1) is 0 Å². The van der Waals surface area contributed by atoms with Crippen LogP contribution in [0.3, 0.4) is 0 Å². The first-order valence-electron chi connectivity index (χ1n) is 6.80. The summed E-state index contributed by atoms with van der Waals surface area (Å²) < 4.78 is 5.71. The quantitative estimate of drug-likeness (QED) is 0.879. The van der Waals surface area contributed by atoms with Crippen molar-refractivity contribution >= 4 is 28.5 Å². The van der Waals surface area contributed by atoms with Crippen LogP contribution in [0.15, 0.2) is 22.6 Å². The first-order chi connectivity index (χ1) is 9.56. The number of carbonyl (C=O) groups is 1. The number of hydrogen-bond acceptors (Lipinski definition) is 3. The Kier molecular flexibility index (Phi) is 3.44. The van der Waals surface area contributed by atoms with E-state index in [-0.39, 0.29) is 11.9 Å². The van der Waals surface area contributed by atoms with Gasteiger partial charge in [-0.25, -0.2) is 0 Å². The largest absolute Gasteiger partial charge is 0.451 e. The van der Waals surface area contributed by atoms with Crippen molar-refractivity contribution in [3.63, 3.8) is 0 Å². The number of hydrogen-bond donors (Lipinski definition) is 1. The Morgan fingerprint density at radius 3 is 2.80 bits per heavy atom. The fourth-order valence-corrected chi connectivity index (χ4v) is 2.82. The number of nitrogens with two attached hydrogens (primary N) is 1. The Hall–Kier alpha value is -1.52. The summed E-state index contributed by atoms with van der Waals surface area (Å²) in [4.78, 5) is 14.4. The van der Waals surface area contributed by atoms with E-state index >= 15 is 0 Å². The van der Waals surface area contributed by atoms with Gasteiger partial charge in [0.15, 0.2) is 5.76 Å². The van der Waals surface area contributed by atoms with Crippen molar-refractivity contribution in [1.29, 1.82) is 0 Å². The van der Waals surface area contributed by atoms with Crippen molar-refractivity contribution in [1.82, 2.24) is 4.90 Å². The molecular weight excluding hydrogens is 276 g/mol. The molecule has 2 N–H and O–H groups in total. The van der Waals surface area contributed by atoms with Crippen LogP contribution in [-0.2, 0) is 0 Å². The molecule has 1 amide bonds. The fraction of sp³-hybridized carbons (Fsp3) is 0.400. The Morgan fingerprint density at radius 1 is 1.40 bits per heavy atom. The molecule has 1 aliphatic heterocycles. The molecule has 2 heterocycles. The number of rotatable bonds is 1. The van der Waals surface area contributed by atoms with Gasteiger partial charge in [-0.1, -0.05) is 11.6 Å². The maximum atomic E-state index is 12.5. The zero-order valence-corrected chi connectivity index (χ0v) is 12.1. The van der Waals surface area contributed by atoms with Crippen molar-refractivity contribution < 1.29 is 9.21 Å². The molecule has 106 valence electrons. The zero-order chi connectivity index (χ0) is 14.3. The van der Waals surface area contributed by atoms with E-state index in [1.54, 1.807) is 12.1 Å². The van der Waals surface area contributed by atoms with Crippen molar-refractivity contribution in [2.24, 2.45) is 5.73 Å². The lowest BCUT2D eigenvalue weighted by Crippen LogP contribution is -2.42. The summed E-state index contributed by atoms with van der Waals surface area (Å²) in [5.74, 6) is 0.361. The standard InChI is InChI=1S/C15H17ClN2O2/c1-9-12-8-10(16)2-3-13(12)20-14(9)15(19)18-6-4-11(17)5-7-18/h2-3,8,11H,4-7,17H2,1H3. The summed E-state index contributed by atoms with van der Waals surface area (Å²) >= 11 is 5.99. The molecule has 1 aliphatic rings. The number of benzene rings is 1. The Balaban J connectivity index is 1.93. The lowest BCUT2D eigenvalue weighted by molar-refractivity contribution is 0.0684. The van der Waals surface area contributed by atoms with Gasteiger partial charge in [-0.2, -0.15) is 0 Å². The van der Waals surface area contributed by atoms with E-state index in [2.05, 4.69) is 0 Å². The minimum Gasteiger partial charge on any atom is -0.451 e. The van der Waals surface area contributed by atoms with Crippen LogP contribution in [0.4, 0.5) is 0 Å². The van der Waals surface area contributed by atoms with Crippen molar-refractivity contribution in [2.75, 3.05) is 13.1 Å². The third kappa shape index (κ3) is 2.30. The predicted molar refractivity (Wildman–Crippen MR) is 79.1 cm³/mol. The predicted octanol–water partition coefficient (Wildman–Crippen LogP) is 2.96. The van der Waals surface area contributed by atoms with Crippen LogP contribution in [0.5, 0.6) is 0 Å². The lowest BCUT2D eigenvalue weighted by atomic mass is 10.1. The van der Waals surface area contributed by atoms with Crippen LogP contribution in [-0.4, -0.2) is 29.9 Å². The topological polar surface area (TPSA) is 59.5 Å². The van der Waals surface area contributed by atoms with Crippen LogP contribution >= 0.6 is 11.6 Å². The molecular formula is C15H17ClN2O2. The summed E-state index contributed by atoms with van der Waals surface area (Å²) in [6.07, 6.45) is 1.69. The second kappa shape index (κ2) is 5.11. The maximum absolute atomic E-state index is 12.5. The number of nitrogens with zero attached hydrogens (tertiary/aromatic N) is 1. The highest BCUT2D eigenvalue weighted by molar-refractivity contribution is 6.31. The number of carbonyl (C=O) groups excluding carboxylic acids is 1. The number of fused-ring (bicyclic) bond motifs is 1. The average Bonchev–Trinajstić information content (AvgIpc) is 2.76. The third-order valence-electron chi connectivity index (χ3n) is 3.92. The molecule has 1 fully saturated rings. The van der Waals surface area contributed by atoms with Crippen LogP contribution < -0.4 is 5.73 Å². The van der Waals surface area contributed by atoms with Crippen molar-refractivity contribution in [3.8, 4) is 0 Å². The minimum atomic E-state index is -0.0540. The second-order valence-corrected chi connectivity index (χ2v) is 5.76. The average molecular weight is 293 g/mol.